The molecule has 0 amide bonds. The van der Waals surface area contributed by atoms with Crippen molar-refractivity contribution < 1.29 is 12.9 Å². The first kappa shape index (κ1) is 8.52. The highest BCUT2D eigenvalue weighted by Gasteiger charge is 2.01. The van der Waals surface area contributed by atoms with Gasteiger partial charge in [-0.2, -0.15) is 4.21 Å². The molecule has 0 bridgehead atoms. The molecular weight excluding hydrogens is 188 g/mol. The van der Waals surface area contributed by atoms with E-state index in [2.05, 4.69) is 4.18 Å². The van der Waals surface area contributed by atoms with Crippen molar-refractivity contribution in [1.82, 2.24) is 0 Å². The Kier molecular flexibility index (Phi) is 2.87. The molecule has 0 aliphatic carbocycles. The number of rotatable bonds is 2. The van der Waals surface area contributed by atoms with Crippen molar-refractivity contribution in [2.24, 2.45) is 0 Å². The molecule has 0 fully saturated rings. The second kappa shape index (κ2) is 3.71. The van der Waals surface area contributed by atoms with E-state index in [0.29, 0.717) is 5.02 Å². The lowest BCUT2D eigenvalue weighted by Gasteiger charge is -1.99. The Balaban J connectivity index is 2.86. The van der Waals surface area contributed by atoms with Gasteiger partial charge in [-0.25, -0.2) is 0 Å². The Labute approximate surface area is 71.4 Å². The van der Waals surface area contributed by atoms with E-state index in [9.17, 15) is 4.21 Å². The van der Waals surface area contributed by atoms with Crippen LogP contribution in [0.3, 0.4) is 0 Å². The van der Waals surface area contributed by atoms with Crippen molar-refractivity contribution in [2.75, 3.05) is 0 Å². The first-order valence-electron chi connectivity index (χ1n) is 2.74. The van der Waals surface area contributed by atoms with Gasteiger partial charge in [0, 0.05) is 0 Å². The van der Waals surface area contributed by atoms with Crippen molar-refractivity contribution in [3.05, 3.63) is 29.3 Å². The molecule has 0 aliphatic heterocycles. The summed E-state index contributed by atoms with van der Waals surface area (Å²) in [7, 11) is 0. The SMILES string of the molecule is O=S(O)Oc1ccccc1Cl. The summed E-state index contributed by atoms with van der Waals surface area (Å²) in [6, 6.07) is 6.45. The molecule has 1 rings (SSSR count). The highest BCUT2D eigenvalue weighted by atomic mass is 35.5. The Bertz CT molecular complexity index is 276. The third-order valence-electron chi connectivity index (χ3n) is 0.998. The summed E-state index contributed by atoms with van der Waals surface area (Å²) in [5.74, 6) is 0.204. The van der Waals surface area contributed by atoms with E-state index in [4.69, 9.17) is 16.2 Å². The average Bonchev–Trinajstić information content (AvgIpc) is 1.93. The van der Waals surface area contributed by atoms with E-state index < -0.39 is 11.4 Å². The van der Waals surface area contributed by atoms with Crippen LogP contribution in [0.1, 0.15) is 0 Å². The first-order chi connectivity index (χ1) is 5.20. The molecule has 1 aromatic carbocycles. The van der Waals surface area contributed by atoms with Crippen LogP contribution in [-0.4, -0.2) is 8.76 Å². The molecule has 3 nitrogen and oxygen atoms in total. The molecule has 60 valence electrons. The standard InChI is InChI=1S/C6H5ClO3S/c7-5-3-1-2-4-6(5)10-11(8)9/h1-4H,(H,8,9). The van der Waals surface area contributed by atoms with Gasteiger partial charge >= 0.3 is 11.4 Å². The van der Waals surface area contributed by atoms with Crippen LogP contribution in [0, 0.1) is 0 Å². The molecule has 1 aromatic rings. The topological polar surface area (TPSA) is 46.5 Å². The number of benzene rings is 1. The van der Waals surface area contributed by atoms with E-state index in [1.807, 2.05) is 0 Å². The highest BCUT2D eigenvalue weighted by molar-refractivity contribution is 7.74. The van der Waals surface area contributed by atoms with Gasteiger partial charge in [0.15, 0.2) is 5.75 Å². The van der Waals surface area contributed by atoms with E-state index in [0.717, 1.165) is 0 Å². The largest absolute Gasteiger partial charge is 0.379 e. The Morgan fingerprint density at radius 1 is 1.45 bits per heavy atom. The smallest absolute Gasteiger partial charge is 0.357 e. The van der Waals surface area contributed by atoms with Gasteiger partial charge in [-0.05, 0) is 12.1 Å². The Morgan fingerprint density at radius 2 is 2.09 bits per heavy atom. The van der Waals surface area contributed by atoms with Gasteiger partial charge in [-0.3, -0.25) is 4.55 Å². The van der Waals surface area contributed by atoms with Crippen molar-refractivity contribution in [3.8, 4) is 5.75 Å². The maximum atomic E-state index is 10.2. The van der Waals surface area contributed by atoms with Crippen molar-refractivity contribution in [2.45, 2.75) is 0 Å². The van der Waals surface area contributed by atoms with E-state index >= 15 is 0 Å². The molecule has 11 heavy (non-hydrogen) atoms. The zero-order valence-electron chi connectivity index (χ0n) is 5.36. The van der Waals surface area contributed by atoms with E-state index in [-0.39, 0.29) is 5.75 Å². The molecule has 0 radical (unpaired) electrons. The average molecular weight is 193 g/mol. The summed E-state index contributed by atoms with van der Waals surface area (Å²) in [4.78, 5) is 0. The maximum Gasteiger partial charge on any atom is 0.357 e. The molecule has 1 unspecified atom stereocenters. The zero-order chi connectivity index (χ0) is 8.27. The second-order valence-corrected chi connectivity index (χ2v) is 2.74. The summed E-state index contributed by atoms with van der Waals surface area (Å²) >= 11 is 3.29. The minimum atomic E-state index is -2.31. The van der Waals surface area contributed by atoms with Crippen LogP contribution in [-0.2, 0) is 11.4 Å². The number of halogens is 1. The molecule has 1 atom stereocenters. The van der Waals surface area contributed by atoms with Gasteiger partial charge in [0.1, 0.15) is 0 Å². The fraction of sp³-hybridized carbons (Fsp3) is 0. The Hall–Kier alpha value is -0.580. The van der Waals surface area contributed by atoms with E-state index in [1.165, 1.54) is 6.07 Å². The van der Waals surface area contributed by atoms with Gasteiger partial charge in [-0.15, -0.1) is 0 Å². The van der Waals surface area contributed by atoms with Gasteiger partial charge in [-0.1, -0.05) is 23.7 Å². The van der Waals surface area contributed by atoms with E-state index in [1.54, 1.807) is 18.2 Å². The van der Waals surface area contributed by atoms with Crippen molar-refractivity contribution >= 4 is 23.0 Å². The van der Waals surface area contributed by atoms with Crippen molar-refractivity contribution in [3.63, 3.8) is 0 Å². The summed E-state index contributed by atoms with van der Waals surface area (Å²) < 4.78 is 22.9. The number of hydrogen-bond acceptors (Lipinski definition) is 2. The van der Waals surface area contributed by atoms with Gasteiger partial charge < -0.3 is 4.18 Å². The summed E-state index contributed by atoms with van der Waals surface area (Å²) in [6.45, 7) is 0. The maximum absolute atomic E-state index is 10.2. The third kappa shape index (κ3) is 2.49. The Morgan fingerprint density at radius 3 is 2.64 bits per heavy atom. The molecular formula is C6H5ClO3S. The lowest BCUT2D eigenvalue weighted by molar-refractivity contribution is 0.458. The monoisotopic (exact) mass is 192 g/mol. The van der Waals surface area contributed by atoms with Crippen LogP contribution < -0.4 is 4.18 Å². The fourth-order valence-corrected chi connectivity index (χ4v) is 1.11. The van der Waals surface area contributed by atoms with Gasteiger partial charge in [0.25, 0.3) is 0 Å². The lowest BCUT2D eigenvalue weighted by Crippen LogP contribution is -1.97. The normalized spacial score (nSPS) is 12.5. The third-order valence-corrected chi connectivity index (χ3v) is 1.63. The van der Waals surface area contributed by atoms with Crippen LogP contribution in [0.5, 0.6) is 5.75 Å². The predicted octanol–water partition coefficient (Wildman–Crippen LogP) is 1.86. The molecule has 0 aromatic heterocycles. The number of hydrogen-bond donors (Lipinski definition) is 1. The molecule has 1 N–H and O–H groups in total. The fourth-order valence-electron chi connectivity index (χ4n) is 0.589. The summed E-state index contributed by atoms with van der Waals surface area (Å²) in [5.41, 5.74) is 0. The molecule has 0 heterocycles. The molecule has 5 heteroatoms. The quantitative estimate of drug-likeness (QED) is 0.728. The first-order valence-corrected chi connectivity index (χ1v) is 4.15. The molecule has 0 saturated heterocycles. The van der Waals surface area contributed by atoms with Crippen LogP contribution in [0.25, 0.3) is 0 Å². The van der Waals surface area contributed by atoms with Crippen LogP contribution in [0.4, 0.5) is 0 Å². The van der Waals surface area contributed by atoms with Crippen LogP contribution in [0.2, 0.25) is 5.02 Å². The van der Waals surface area contributed by atoms with Crippen molar-refractivity contribution in [1.29, 1.82) is 0 Å². The van der Waals surface area contributed by atoms with Gasteiger partial charge in [0.05, 0.1) is 5.02 Å². The number of para-hydroxylation sites is 1. The molecule has 0 saturated carbocycles. The zero-order valence-corrected chi connectivity index (χ0v) is 6.93. The highest BCUT2D eigenvalue weighted by Crippen LogP contribution is 2.23. The minimum absolute atomic E-state index is 0.204. The predicted molar refractivity (Wildman–Crippen MR) is 42.9 cm³/mol. The van der Waals surface area contributed by atoms with Crippen LogP contribution >= 0.6 is 11.6 Å². The molecule has 0 aliphatic rings. The molecule has 0 spiro atoms. The summed E-state index contributed by atoms with van der Waals surface area (Å²) in [5, 5.41) is 0.315. The summed E-state index contributed by atoms with van der Waals surface area (Å²) in [6.07, 6.45) is 0. The van der Waals surface area contributed by atoms with Crippen LogP contribution in [0.15, 0.2) is 24.3 Å². The minimum Gasteiger partial charge on any atom is -0.379 e. The van der Waals surface area contributed by atoms with Gasteiger partial charge in [0.2, 0.25) is 0 Å². The second-order valence-electron chi connectivity index (χ2n) is 1.73. The lowest BCUT2D eigenvalue weighted by atomic mass is 10.3.